The summed E-state index contributed by atoms with van der Waals surface area (Å²) in [4.78, 5) is 0. The molecule has 0 aromatic heterocycles. The molecule has 2 aromatic rings. The molecule has 0 saturated carbocycles. The van der Waals surface area contributed by atoms with Crippen molar-refractivity contribution in [3.8, 4) is 0 Å². The second-order valence-electron chi connectivity index (χ2n) is 5.18. The molecule has 1 unspecified atom stereocenters. The Labute approximate surface area is 151 Å². The van der Waals surface area contributed by atoms with E-state index in [4.69, 9.17) is 39.0 Å². The molecule has 3 nitrogen and oxygen atoms in total. The van der Waals surface area contributed by atoms with Crippen molar-refractivity contribution in [2.24, 2.45) is 0 Å². The monoisotopic (exact) mass is 392 g/mol. The Morgan fingerprint density at radius 2 is 1.61 bits per heavy atom. The van der Waals surface area contributed by atoms with E-state index >= 15 is 0 Å². The van der Waals surface area contributed by atoms with Crippen molar-refractivity contribution in [3.05, 3.63) is 68.7 Å². The summed E-state index contributed by atoms with van der Waals surface area (Å²) in [6.07, 6.45) is 1.55. The Kier molecular flexibility index (Phi) is 6.34. The highest BCUT2D eigenvalue weighted by molar-refractivity contribution is 7.85. The minimum atomic E-state index is -3.52. The summed E-state index contributed by atoms with van der Waals surface area (Å²) in [7, 11) is -3.52. The maximum Gasteiger partial charge on any atom is 0.264 e. The zero-order valence-corrected chi connectivity index (χ0v) is 15.4. The van der Waals surface area contributed by atoms with E-state index < -0.39 is 10.1 Å². The maximum atomic E-state index is 11.3. The van der Waals surface area contributed by atoms with Crippen LogP contribution < -0.4 is 0 Å². The third kappa shape index (κ3) is 5.98. The van der Waals surface area contributed by atoms with Crippen LogP contribution in [0.5, 0.6) is 0 Å². The summed E-state index contributed by atoms with van der Waals surface area (Å²) < 4.78 is 27.6. The average Bonchev–Trinajstić information content (AvgIpc) is 2.45. The molecule has 0 heterocycles. The van der Waals surface area contributed by atoms with Gasteiger partial charge >= 0.3 is 0 Å². The van der Waals surface area contributed by atoms with Gasteiger partial charge < -0.3 is 0 Å². The summed E-state index contributed by atoms with van der Waals surface area (Å²) in [5.74, 6) is -0.180. The summed E-state index contributed by atoms with van der Waals surface area (Å²) in [5, 5.41) is 1.70. The van der Waals surface area contributed by atoms with Crippen molar-refractivity contribution in [3.63, 3.8) is 0 Å². The lowest BCUT2D eigenvalue weighted by atomic mass is 9.93. The highest BCUT2D eigenvalue weighted by Gasteiger charge is 2.17. The molecule has 2 rings (SSSR count). The Balaban J connectivity index is 2.27. The molecule has 1 atom stereocenters. The van der Waals surface area contributed by atoms with Gasteiger partial charge in [-0.05, 0) is 41.8 Å². The van der Waals surface area contributed by atoms with E-state index in [-0.39, 0.29) is 12.5 Å². The molecule has 7 heteroatoms. The van der Waals surface area contributed by atoms with Crippen LogP contribution in [0.1, 0.15) is 17.0 Å². The van der Waals surface area contributed by atoms with Crippen molar-refractivity contribution in [1.82, 2.24) is 0 Å². The molecule has 0 amide bonds. The molecule has 0 radical (unpaired) electrons. The molecule has 0 aliphatic carbocycles. The summed E-state index contributed by atoms with van der Waals surface area (Å²) >= 11 is 18.0. The Bertz CT molecular complexity index is 774. The van der Waals surface area contributed by atoms with E-state index in [1.165, 1.54) is 0 Å². The first-order chi connectivity index (χ1) is 10.7. The average molecular weight is 394 g/mol. The topological polar surface area (TPSA) is 43.4 Å². The van der Waals surface area contributed by atoms with E-state index in [2.05, 4.69) is 0 Å². The molecule has 124 valence electrons. The number of benzene rings is 2. The van der Waals surface area contributed by atoms with Crippen LogP contribution in [0.3, 0.4) is 0 Å². The van der Waals surface area contributed by atoms with Crippen LogP contribution in [0.25, 0.3) is 0 Å². The van der Waals surface area contributed by atoms with Gasteiger partial charge in [0.2, 0.25) is 0 Å². The van der Waals surface area contributed by atoms with Gasteiger partial charge in [-0.15, -0.1) is 0 Å². The largest absolute Gasteiger partial charge is 0.270 e. The highest BCUT2D eigenvalue weighted by atomic mass is 35.5. The van der Waals surface area contributed by atoms with E-state index in [1.54, 1.807) is 24.3 Å². The van der Waals surface area contributed by atoms with Gasteiger partial charge in [0.1, 0.15) is 0 Å². The summed E-state index contributed by atoms with van der Waals surface area (Å²) in [6, 6.07) is 12.5. The van der Waals surface area contributed by atoms with Gasteiger partial charge in [0.15, 0.2) is 0 Å². The van der Waals surface area contributed by atoms with Crippen molar-refractivity contribution < 1.29 is 12.6 Å². The van der Waals surface area contributed by atoms with Crippen molar-refractivity contribution in [2.45, 2.75) is 12.3 Å². The van der Waals surface area contributed by atoms with Crippen LogP contribution in [0.15, 0.2) is 42.5 Å². The minimum Gasteiger partial charge on any atom is -0.270 e. The molecule has 0 saturated heterocycles. The fourth-order valence-corrected chi connectivity index (χ4v) is 3.19. The number of halogens is 3. The van der Waals surface area contributed by atoms with Crippen LogP contribution in [0.4, 0.5) is 0 Å². The lowest BCUT2D eigenvalue weighted by Gasteiger charge is -2.18. The molecule has 23 heavy (non-hydrogen) atoms. The van der Waals surface area contributed by atoms with Gasteiger partial charge in [0.05, 0.1) is 12.9 Å². The first-order valence-electron chi connectivity index (χ1n) is 6.78. The van der Waals surface area contributed by atoms with E-state index in [1.807, 2.05) is 18.2 Å². The van der Waals surface area contributed by atoms with Gasteiger partial charge in [-0.25, -0.2) is 0 Å². The number of hydrogen-bond acceptors (Lipinski definition) is 3. The van der Waals surface area contributed by atoms with E-state index in [0.29, 0.717) is 21.5 Å². The first kappa shape index (κ1) is 18.6. The van der Waals surface area contributed by atoms with Gasteiger partial charge in [-0.2, -0.15) is 8.42 Å². The third-order valence-corrected chi connectivity index (χ3v) is 4.71. The summed E-state index contributed by atoms with van der Waals surface area (Å²) in [6.45, 7) is 0.0272. The third-order valence-electron chi connectivity index (χ3n) is 3.31. The Morgan fingerprint density at radius 3 is 2.17 bits per heavy atom. The second-order valence-corrected chi connectivity index (χ2v) is 8.10. The van der Waals surface area contributed by atoms with Gasteiger partial charge in [0, 0.05) is 21.0 Å². The molecule has 0 aliphatic rings. The quantitative estimate of drug-likeness (QED) is 0.652. The predicted octanol–water partition coefficient (Wildman–Crippen LogP) is 4.95. The Hall–Kier alpha value is -0.780. The standard InChI is InChI=1S/C16H15Cl3O3S/c1-23(20,21)22-10-13(11-2-5-14(17)6-3-11)8-12-4-7-15(18)9-16(12)19/h2-7,9,13H,8,10H2,1H3. The fourth-order valence-electron chi connectivity index (χ4n) is 2.17. The molecule has 0 bridgehead atoms. The van der Waals surface area contributed by atoms with Gasteiger partial charge in [-0.3, -0.25) is 4.18 Å². The van der Waals surface area contributed by atoms with E-state index in [0.717, 1.165) is 17.4 Å². The van der Waals surface area contributed by atoms with E-state index in [9.17, 15) is 8.42 Å². The van der Waals surface area contributed by atoms with Crippen molar-refractivity contribution in [1.29, 1.82) is 0 Å². The zero-order chi connectivity index (χ0) is 17.0. The van der Waals surface area contributed by atoms with Gasteiger partial charge in [-0.1, -0.05) is 53.0 Å². The molecule has 0 fully saturated rings. The zero-order valence-electron chi connectivity index (χ0n) is 12.3. The lowest BCUT2D eigenvalue weighted by molar-refractivity contribution is 0.293. The van der Waals surface area contributed by atoms with Crippen LogP contribution in [0.2, 0.25) is 15.1 Å². The maximum absolute atomic E-state index is 11.3. The van der Waals surface area contributed by atoms with Crippen molar-refractivity contribution in [2.75, 3.05) is 12.9 Å². The second kappa shape index (κ2) is 7.86. The molecular weight excluding hydrogens is 379 g/mol. The molecule has 0 N–H and O–H groups in total. The number of rotatable bonds is 6. The van der Waals surface area contributed by atoms with Crippen LogP contribution in [-0.4, -0.2) is 21.3 Å². The smallest absolute Gasteiger partial charge is 0.264 e. The van der Waals surface area contributed by atoms with Crippen LogP contribution in [0, 0.1) is 0 Å². The lowest BCUT2D eigenvalue weighted by Crippen LogP contribution is -2.14. The van der Waals surface area contributed by atoms with Gasteiger partial charge in [0.25, 0.3) is 10.1 Å². The fraction of sp³-hybridized carbons (Fsp3) is 0.250. The summed E-state index contributed by atoms with van der Waals surface area (Å²) in [5.41, 5.74) is 1.79. The van der Waals surface area contributed by atoms with Crippen LogP contribution >= 0.6 is 34.8 Å². The minimum absolute atomic E-state index is 0.0272. The van der Waals surface area contributed by atoms with Crippen molar-refractivity contribution >= 4 is 44.9 Å². The van der Waals surface area contributed by atoms with Crippen LogP contribution in [-0.2, 0) is 20.7 Å². The highest BCUT2D eigenvalue weighted by Crippen LogP contribution is 2.28. The molecule has 0 aliphatic heterocycles. The SMILES string of the molecule is CS(=O)(=O)OCC(Cc1ccc(Cl)cc1Cl)c1ccc(Cl)cc1. The predicted molar refractivity (Wildman–Crippen MR) is 95.2 cm³/mol. The number of hydrogen-bond donors (Lipinski definition) is 0. The molecular formula is C16H15Cl3O3S. The molecule has 2 aromatic carbocycles. The molecule has 0 spiro atoms. The first-order valence-corrected chi connectivity index (χ1v) is 9.73. The normalized spacial score (nSPS) is 13.0. The Morgan fingerprint density at radius 1 is 1.00 bits per heavy atom.